The van der Waals surface area contributed by atoms with Crippen molar-refractivity contribution in [3.63, 3.8) is 0 Å². The number of benzene rings is 1. The van der Waals surface area contributed by atoms with E-state index >= 15 is 0 Å². The third-order valence-electron chi connectivity index (χ3n) is 4.42. The number of halogens is 1. The number of para-hydroxylation sites is 1. The lowest BCUT2D eigenvalue weighted by Gasteiger charge is -2.35. The van der Waals surface area contributed by atoms with Crippen molar-refractivity contribution >= 4 is 27.6 Å². The van der Waals surface area contributed by atoms with Crippen LogP contribution < -0.4 is 10.1 Å². The van der Waals surface area contributed by atoms with Crippen molar-refractivity contribution in [3.05, 3.63) is 29.3 Å². The quantitative estimate of drug-likeness (QED) is 0.353. The van der Waals surface area contributed by atoms with Crippen LogP contribution in [0.15, 0.2) is 29.3 Å². The molecule has 0 radical (unpaired) electrons. The monoisotopic (exact) mass is 446 g/mol. The molecule has 2 rings (SSSR count). The molecule has 10 heteroatoms. The molecule has 0 saturated carbocycles. The van der Waals surface area contributed by atoms with Gasteiger partial charge in [-0.25, -0.2) is 8.42 Å². The number of ether oxygens (including phenoxy) is 2. The highest BCUT2D eigenvalue weighted by Crippen LogP contribution is 2.22. The Balaban J connectivity index is 1.74. The Morgan fingerprint density at radius 3 is 2.52 bits per heavy atom. The van der Waals surface area contributed by atoms with E-state index in [1.807, 2.05) is 36.9 Å². The molecule has 1 N–H and O–H groups in total. The summed E-state index contributed by atoms with van der Waals surface area (Å²) in [5.74, 6) is 1.39. The van der Waals surface area contributed by atoms with E-state index in [4.69, 9.17) is 21.1 Å². The normalized spacial score (nSPS) is 16.3. The van der Waals surface area contributed by atoms with E-state index in [1.54, 1.807) is 13.1 Å². The Hall–Kier alpha value is -1.55. The van der Waals surface area contributed by atoms with Crippen molar-refractivity contribution in [2.75, 3.05) is 58.7 Å². The van der Waals surface area contributed by atoms with E-state index in [1.165, 1.54) is 4.31 Å². The number of hydrogen-bond acceptors (Lipinski definition) is 5. The van der Waals surface area contributed by atoms with E-state index in [-0.39, 0.29) is 18.5 Å². The lowest BCUT2D eigenvalue weighted by atomic mass is 10.3. The fraction of sp³-hybridized carbons (Fsp3) is 0.632. The molecule has 1 fully saturated rings. The molecule has 8 nitrogen and oxygen atoms in total. The van der Waals surface area contributed by atoms with Crippen LogP contribution in [0.3, 0.4) is 0 Å². The van der Waals surface area contributed by atoms with E-state index in [2.05, 4.69) is 10.3 Å². The molecule has 0 spiro atoms. The number of nitrogens with one attached hydrogen (secondary N) is 1. The SMILES string of the molecule is CN=C(NCCOc1ccccc1Cl)N1CCN(S(=O)(=O)CCOC(C)C)CC1. The van der Waals surface area contributed by atoms with Crippen LogP contribution in [0.5, 0.6) is 5.75 Å². The van der Waals surface area contributed by atoms with Gasteiger partial charge in [0.05, 0.1) is 30.0 Å². The molecule has 164 valence electrons. The van der Waals surface area contributed by atoms with Gasteiger partial charge in [0, 0.05) is 33.2 Å². The summed E-state index contributed by atoms with van der Waals surface area (Å²) in [7, 11) is -1.59. The van der Waals surface area contributed by atoms with Gasteiger partial charge < -0.3 is 19.7 Å². The molecular formula is C19H31ClN4O4S. The standard InChI is InChI=1S/C19H31ClN4O4S/c1-16(2)27-14-15-29(25,26)24-11-9-23(10-12-24)19(21-3)22-8-13-28-18-7-5-4-6-17(18)20/h4-7,16H,8-15H2,1-3H3,(H,21,22). The second kappa shape index (κ2) is 11.6. The van der Waals surface area contributed by atoms with Crippen molar-refractivity contribution in [1.29, 1.82) is 0 Å². The minimum Gasteiger partial charge on any atom is -0.490 e. The van der Waals surface area contributed by atoms with Crippen molar-refractivity contribution in [3.8, 4) is 5.75 Å². The summed E-state index contributed by atoms with van der Waals surface area (Å²) in [4.78, 5) is 6.34. The molecule has 1 heterocycles. The molecule has 0 aromatic heterocycles. The predicted molar refractivity (Wildman–Crippen MR) is 116 cm³/mol. The van der Waals surface area contributed by atoms with Gasteiger partial charge in [0.2, 0.25) is 10.0 Å². The Kier molecular flexibility index (Phi) is 9.48. The van der Waals surface area contributed by atoms with Crippen LogP contribution in [0, 0.1) is 0 Å². The minimum atomic E-state index is -3.30. The summed E-state index contributed by atoms with van der Waals surface area (Å²) in [5.41, 5.74) is 0. The molecule has 0 bridgehead atoms. The van der Waals surface area contributed by atoms with Crippen LogP contribution >= 0.6 is 11.6 Å². The third kappa shape index (κ3) is 7.65. The summed E-state index contributed by atoms with van der Waals surface area (Å²) in [6, 6.07) is 7.33. The maximum absolute atomic E-state index is 12.4. The van der Waals surface area contributed by atoms with Gasteiger partial charge in [-0.2, -0.15) is 4.31 Å². The Morgan fingerprint density at radius 2 is 1.90 bits per heavy atom. The first-order chi connectivity index (χ1) is 13.8. The second-order valence-corrected chi connectivity index (χ2v) is 9.37. The lowest BCUT2D eigenvalue weighted by Crippen LogP contribution is -2.54. The van der Waals surface area contributed by atoms with Crippen LogP contribution in [0.1, 0.15) is 13.8 Å². The first kappa shape index (κ1) is 23.7. The molecule has 0 amide bonds. The smallest absolute Gasteiger partial charge is 0.216 e. The number of rotatable bonds is 9. The van der Waals surface area contributed by atoms with Gasteiger partial charge in [-0.3, -0.25) is 4.99 Å². The highest BCUT2D eigenvalue weighted by molar-refractivity contribution is 7.89. The van der Waals surface area contributed by atoms with Gasteiger partial charge in [0.15, 0.2) is 5.96 Å². The summed E-state index contributed by atoms with van der Waals surface area (Å²) in [5, 5.41) is 3.83. The van der Waals surface area contributed by atoms with Gasteiger partial charge in [0.25, 0.3) is 0 Å². The lowest BCUT2D eigenvalue weighted by molar-refractivity contribution is 0.0904. The first-order valence-electron chi connectivity index (χ1n) is 9.76. The molecule has 1 saturated heterocycles. The van der Waals surface area contributed by atoms with Crippen molar-refractivity contribution in [2.24, 2.45) is 4.99 Å². The third-order valence-corrected chi connectivity index (χ3v) is 6.56. The zero-order chi connectivity index (χ0) is 21.3. The summed E-state index contributed by atoms with van der Waals surface area (Å²) in [6.07, 6.45) is 0.0262. The summed E-state index contributed by atoms with van der Waals surface area (Å²) < 4.78 is 37.5. The van der Waals surface area contributed by atoms with Gasteiger partial charge in [-0.15, -0.1) is 0 Å². The van der Waals surface area contributed by atoms with Gasteiger partial charge >= 0.3 is 0 Å². The van der Waals surface area contributed by atoms with Crippen LogP contribution in [0.2, 0.25) is 5.02 Å². The molecular weight excluding hydrogens is 416 g/mol. The highest BCUT2D eigenvalue weighted by Gasteiger charge is 2.27. The Bertz CT molecular complexity index is 765. The number of piperazine rings is 1. The van der Waals surface area contributed by atoms with Gasteiger partial charge in [0.1, 0.15) is 12.4 Å². The topological polar surface area (TPSA) is 83.5 Å². The Morgan fingerprint density at radius 1 is 1.21 bits per heavy atom. The summed E-state index contributed by atoms with van der Waals surface area (Å²) in [6.45, 7) is 7.02. The van der Waals surface area contributed by atoms with E-state index in [0.717, 1.165) is 5.96 Å². The zero-order valence-corrected chi connectivity index (χ0v) is 18.9. The molecule has 0 atom stereocenters. The molecule has 29 heavy (non-hydrogen) atoms. The van der Waals surface area contributed by atoms with E-state index < -0.39 is 10.0 Å². The molecule has 1 aromatic carbocycles. The number of guanidine groups is 1. The van der Waals surface area contributed by atoms with Crippen molar-refractivity contribution in [1.82, 2.24) is 14.5 Å². The largest absolute Gasteiger partial charge is 0.490 e. The number of sulfonamides is 1. The maximum Gasteiger partial charge on any atom is 0.216 e. The molecule has 1 aliphatic rings. The van der Waals surface area contributed by atoms with Crippen LogP contribution in [0.4, 0.5) is 0 Å². The molecule has 1 aliphatic heterocycles. The van der Waals surface area contributed by atoms with Crippen LogP contribution in [-0.4, -0.2) is 88.4 Å². The van der Waals surface area contributed by atoms with Gasteiger partial charge in [-0.05, 0) is 26.0 Å². The number of nitrogens with zero attached hydrogens (tertiary/aromatic N) is 3. The number of hydrogen-bond donors (Lipinski definition) is 1. The predicted octanol–water partition coefficient (Wildman–Crippen LogP) is 1.67. The number of aliphatic imine (C=N–C) groups is 1. The summed E-state index contributed by atoms with van der Waals surface area (Å²) >= 11 is 6.07. The molecule has 1 aromatic rings. The maximum atomic E-state index is 12.4. The van der Waals surface area contributed by atoms with Crippen LogP contribution in [0.25, 0.3) is 0 Å². The second-order valence-electron chi connectivity index (χ2n) is 6.87. The average Bonchev–Trinajstić information content (AvgIpc) is 2.69. The fourth-order valence-corrected chi connectivity index (χ4v) is 4.39. The Labute approximate surface area is 178 Å². The van der Waals surface area contributed by atoms with Crippen LogP contribution in [-0.2, 0) is 14.8 Å². The van der Waals surface area contributed by atoms with Crippen molar-refractivity contribution < 1.29 is 17.9 Å². The van der Waals surface area contributed by atoms with E-state index in [0.29, 0.717) is 50.1 Å². The van der Waals surface area contributed by atoms with Crippen molar-refractivity contribution in [2.45, 2.75) is 20.0 Å². The van der Waals surface area contributed by atoms with Gasteiger partial charge in [-0.1, -0.05) is 23.7 Å². The molecule has 0 aliphatic carbocycles. The average molecular weight is 447 g/mol. The molecule has 0 unspecified atom stereocenters. The first-order valence-corrected chi connectivity index (χ1v) is 11.7. The van der Waals surface area contributed by atoms with E-state index in [9.17, 15) is 8.42 Å². The highest BCUT2D eigenvalue weighted by atomic mass is 35.5. The minimum absolute atomic E-state index is 0.0114. The fourth-order valence-electron chi connectivity index (χ4n) is 2.91. The zero-order valence-electron chi connectivity index (χ0n) is 17.3.